The van der Waals surface area contributed by atoms with Gasteiger partial charge in [-0.2, -0.15) is 0 Å². The summed E-state index contributed by atoms with van der Waals surface area (Å²) in [6.45, 7) is 4.01. The Bertz CT molecular complexity index is 508. The van der Waals surface area contributed by atoms with Gasteiger partial charge in [0.25, 0.3) is 0 Å². The molecule has 98 valence electrons. The molecule has 18 heavy (non-hydrogen) atoms. The smallest absolute Gasteiger partial charge is 0.191 e. The van der Waals surface area contributed by atoms with Gasteiger partial charge in [-0.15, -0.1) is 10.2 Å². The zero-order valence-corrected chi connectivity index (χ0v) is 11.6. The summed E-state index contributed by atoms with van der Waals surface area (Å²) in [5.74, 6) is 1.80. The lowest BCUT2D eigenvalue weighted by molar-refractivity contribution is 0.454. The van der Waals surface area contributed by atoms with Crippen molar-refractivity contribution in [3.63, 3.8) is 0 Å². The van der Waals surface area contributed by atoms with Crippen LogP contribution in [0.3, 0.4) is 0 Å². The fraction of sp³-hybridized carbons (Fsp3) is 0.500. The lowest BCUT2D eigenvalue weighted by Crippen LogP contribution is -2.25. The number of rotatable bonds is 5. The van der Waals surface area contributed by atoms with Crippen LogP contribution in [0.5, 0.6) is 0 Å². The van der Waals surface area contributed by atoms with Gasteiger partial charge in [0, 0.05) is 13.1 Å². The monoisotopic (exact) mass is 266 g/mol. The second-order valence-corrected chi connectivity index (χ2v) is 5.39. The molecule has 0 radical (unpaired) electrons. The third-order valence-electron chi connectivity index (χ3n) is 2.80. The van der Waals surface area contributed by atoms with Crippen molar-refractivity contribution in [1.82, 2.24) is 14.8 Å². The van der Waals surface area contributed by atoms with Crippen LogP contribution >= 0.6 is 11.8 Å². The molecule has 2 atom stereocenters. The molecule has 0 spiro atoms. The van der Waals surface area contributed by atoms with Crippen LogP contribution < -0.4 is 5.73 Å². The van der Waals surface area contributed by atoms with E-state index in [-0.39, 0.29) is 11.3 Å². The maximum atomic E-state index is 6.19. The van der Waals surface area contributed by atoms with Crippen LogP contribution in [0, 0.1) is 6.92 Å². The van der Waals surface area contributed by atoms with Crippen LogP contribution in [0.4, 0.5) is 0 Å². The fourth-order valence-electron chi connectivity index (χ4n) is 1.67. The quantitative estimate of drug-likeness (QED) is 0.841. The molecule has 2 rings (SSSR count). The van der Waals surface area contributed by atoms with Crippen LogP contribution in [0.2, 0.25) is 0 Å². The molecule has 0 aliphatic rings. The van der Waals surface area contributed by atoms with E-state index in [0.717, 1.165) is 23.1 Å². The van der Waals surface area contributed by atoms with Gasteiger partial charge >= 0.3 is 0 Å². The maximum absolute atomic E-state index is 6.19. The Kier molecular flexibility index (Phi) is 4.08. The molecule has 0 aliphatic carbocycles. The maximum Gasteiger partial charge on any atom is 0.191 e. The molecule has 0 aromatic carbocycles. The predicted octanol–water partition coefficient (Wildman–Crippen LogP) is 2.29. The molecule has 2 heterocycles. The number of nitrogens with two attached hydrogens (primary N) is 1. The van der Waals surface area contributed by atoms with Crippen molar-refractivity contribution in [2.75, 3.05) is 0 Å². The van der Waals surface area contributed by atoms with E-state index in [2.05, 4.69) is 17.1 Å². The summed E-state index contributed by atoms with van der Waals surface area (Å²) in [4.78, 5) is 0. The highest BCUT2D eigenvalue weighted by atomic mass is 32.2. The molecular formula is C12H18N4OS. The lowest BCUT2D eigenvalue weighted by Gasteiger charge is -2.19. The summed E-state index contributed by atoms with van der Waals surface area (Å²) in [5, 5.41) is 8.87. The number of nitrogens with zero attached hydrogens (tertiary/aromatic N) is 3. The predicted molar refractivity (Wildman–Crippen MR) is 71.3 cm³/mol. The minimum absolute atomic E-state index is 0.0252. The highest BCUT2D eigenvalue weighted by Crippen LogP contribution is 2.37. The topological polar surface area (TPSA) is 69.9 Å². The van der Waals surface area contributed by atoms with E-state index < -0.39 is 0 Å². The molecule has 0 amide bonds. The molecule has 0 aliphatic heterocycles. The van der Waals surface area contributed by atoms with Crippen molar-refractivity contribution in [3.05, 3.63) is 30.0 Å². The Morgan fingerprint density at radius 2 is 2.28 bits per heavy atom. The van der Waals surface area contributed by atoms with E-state index in [9.17, 15) is 0 Å². The van der Waals surface area contributed by atoms with Crippen LogP contribution in [-0.4, -0.2) is 20.8 Å². The molecule has 0 saturated heterocycles. The minimum Gasteiger partial charge on any atom is -0.465 e. The largest absolute Gasteiger partial charge is 0.465 e. The molecule has 5 nitrogen and oxygen atoms in total. The highest BCUT2D eigenvalue weighted by molar-refractivity contribution is 7.99. The first-order valence-corrected chi connectivity index (χ1v) is 6.82. The molecule has 2 N–H and O–H groups in total. The van der Waals surface area contributed by atoms with E-state index in [1.165, 1.54) is 0 Å². The Labute approximate surface area is 111 Å². The lowest BCUT2D eigenvalue weighted by atomic mass is 10.1. The Morgan fingerprint density at radius 3 is 2.78 bits per heavy atom. The number of thioether (sulfide) groups is 1. The van der Waals surface area contributed by atoms with Crippen LogP contribution in [0.15, 0.2) is 28.0 Å². The summed E-state index contributed by atoms with van der Waals surface area (Å²) in [5.41, 5.74) is 6.19. The average Bonchev–Trinajstić information content (AvgIpc) is 2.94. The molecule has 2 aromatic heterocycles. The number of hydrogen-bond acceptors (Lipinski definition) is 5. The fourth-order valence-corrected chi connectivity index (χ4v) is 2.81. The third kappa shape index (κ3) is 2.76. The summed E-state index contributed by atoms with van der Waals surface area (Å²) in [7, 11) is 1.92. The van der Waals surface area contributed by atoms with Crippen molar-refractivity contribution in [3.8, 4) is 0 Å². The van der Waals surface area contributed by atoms with Crippen LogP contribution in [0.1, 0.15) is 30.1 Å². The number of furan rings is 1. The zero-order chi connectivity index (χ0) is 13.1. The van der Waals surface area contributed by atoms with Crippen molar-refractivity contribution < 1.29 is 4.42 Å². The van der Waals surface area contributed by atoms with Crippen LogP contribution in [-0.2, 0) is 7.05 Å². The van der Waals surface area contributed by atoms with Gasteiger partial charge in [0.15, 0.2) is 5.16 Å². The third-order valence-corrected chi connectivity index (χ3v) is 4.22. The zero-order valence-electron chi connectivity index (χ0n) is 10.8. The molecule has 2 aromatic rings. The van der Waals surface area contributed by atoms with E-state index in [4.69, 9.17) is 10.2 Å². The average molecular weight is 266 g/mol. The standard InChI is InChI=1S/C12H18N4OS/c1-4-9(13)11(10-6-5-8(2)17-10)18-12-15-14-7-16(12)3/h5-7,9,11H,4,13H2,1-3H3. The second-order valence-electron chi connectivity index (χ2n) is 4.28. The first-order valence-electron chi connectivity index (χ1n) is 5.94. The first-order chi connectivity index (χ1) is 8.61. The Balaban J connectivity index is 2.23. The second kappa shape index (κ2) is 5.58. The summed E-state index contributed by atoms with van der Waals surface area (Å²) >= 11 is 1.59. The van der Waals surface area contributed by atoms with Crippen molar-refractivity contribution in [2.24, 2.45) is 12.8 Å². The Morgan fingerprint density at radius 1 is 1.50 bits per heavy atom. The van der Waals surface area contributed by atoms with Gasteiger partial charge in [-0.25, -0.2) is 0 Å². The molecule has 6 heteroatoms. The molecule has 0 bridgehead atoms. The van der Waals surface area contributed by atoms with Gasteiger partial charge in [0.1, 0.15) is 17.8 Å². The molecule has 0 fully saturated rings. The van der Waals surface area contributed by atoms with Gasteiger partial charge in [-0.1, -0.05) is 18.7 Å². The first kappa shape index (κ1) is 13.2. The summed E-state index contributed by atoms with van der Waals surface area (Å²) in [6, 6.07) is 3.97. The molecule has 2 unspecified atom stereocenters. The SMILES string of the molecule is CCC(N)C(Sc1nncn1C)c1ccc(C)o1. The number of aryl methyl sites for hydroxylation is 2. The van der Waals surface area contributed by atoms with Gasteiger partial charge in [-0.05, 0) is 25.5 Å². The van der Waals surface area contributed by atoms with Crippen molar-refractivity contribution >= 4 is 11.8 Å². The number of aromatic nitrogens is 3. The van der Waals surface area contributed by atoms with E-state index in [1.807, 2.05) is 30.7 Å². The van der Waals surface area contributed by atoms with Crippen molar-refractivity contribution in [1.29, 1.82) is 0 Å². The Hall–Kier alpha value is -1.27. The highest BCUT2D eigenvalue weighted by Gasteiger charge is 2.24. The van der Waals surface area contributed by atoms with Crippen molar-refractivity contribution in [2.45, 2.75) is 36.7 Å². The van der Waals surface area contributed by atoms with Gasteiger partial charge < -0.3 is 14.7 Å². The summed E-state index contributed by atoms with van der Waals surface area (Å²) < 4.78 is 7.58. The van der Waals surface area contributed by atoms with E-state index >= 15 is 0 Å². The normalized spacial score (nSPS) is 14.7. The molecule has 0 saturated carbocycles. The van der Waals surface area contributed by atoms with Gasteiger partial charge in [0.05, 0.1) is 5.25 Å². The van der Waals surface area contributed by atoms with E-state index in [1.54, 1.807) is 18.1 Å². The van der Waals surface area contributed by atoms with Gasteiger partial charge in [0.2, 0.25) is 0 Å². The molecular weight excluding hydrogens is 248 g/mol. The van der Waals surface area contributed by atoms with E-state index in [0.29, 0.717) is 0 Å². The minimum atomic E-state index is 0.0252. The van der Waals surface area contributed by atoms with Crippen LogP contribution in [0.25, 0.3) is 0 Å². The summed E-state index contributed by atoms with van der Waals surface area (Å²) in [6.07, 6.45) is 2.57. The van der Waals surface area contributed by atoms with Gasteiger partial charge in [-0.3, -0.25) is 0 Å². The number of hydrogen-bond donors (Lipinski definition) is 1.